The predicted octanol–water partition coefficient (Wildman–Crippen LogP) is 3.57. The molecule has 190 valence electrons. The van der Waals surface area contributed by atoms with Crippen molar-refractivity contribution in [3.63, 3.8) is 0 Å². The first-order valence-electron chi connectivity index (χ1n) is 11.7. The molecule has 6 heterocycles. The molecule has 0 saturated heterocycles. The Morgan fingerprint density at radius 1 is 1.19 bits per heavy atom. The van der Waals surface area contributed by atoms with E-state index in [2.05, 4.69) is 20.2 Å². The summed E-state index contributed by atoms with van der Waals surface area (Å²) in [5.74, 6) is -0.290. The summed E-state index contributed by atoms with van der Waals surface area (Å²) in [6.45, 7) is 1.07. The van der Waals surface area contributed by atoms with Crippen LogP contribution >= 0.6 is 0 Å². The zero-order chi connectivity index (χ0) is 25.9. The van der Waals surface area contributed by atoms with E-state index in [1.54, 1.807) is 9.42 Å². The minimum absolute atomic E-state index is 0.0792. The van der Waals surface area contributed by atoms with Crippen LogP contribution in [0.3, 0.4) is 0 Å². The maximum Gasteiger partial charge on any atom is 0.418 e. The van der Waals surface area contributed by atoms with Gasteiger partial charge >= 0.3 is 6.18 Å². The molecule has 0 spiro atoms. The smallest absolute Gasteiger partial charge is 0.348 e. The first-order valence-corrected chi connectivity index (χ1v) is 11.7. The van der Waals surface area contributed by atoms with Gasteiger partial charge in [0.05, 0.1) is 46.1 Å². The summed E-state index contributed by atoms with van der Waals surface area (Å²) in [5.41, 5.74) is 2.93. The molecule has 0 bridgehead atoms. The average molecular weight is 509 g/mol. The van der Waals surface area contributed by atoms with E-state index in [-0.39, 0.29) is 11.4 Å². The van der Waals surface area contributed by atoms with Gasteiger partial charge in [-0.1, -0.05) is 6.07 Å². The third-order valence-electron chi connectivity index (χ3n) is 6.60. The molecule has 6 rings (SSSR count). The van der Waals surface area contributed by atoms with Crippen molar-refractivity contribution >= 4 is 16.9 Å². The largest absolute Gasteiger partial charge is 0.418 e. The summed E-state index contributed by atoms with van der Waals surface area (Å²) in [5, 5.41) is 8.84. The molecule has 0 saturated carbocycles. The van der Waals surface area contributed by atoms with Crippen molar-refractivity contribution in [1.82, 2.24) is 39.0 Å². The van der Waals surface area contributed by atoms with E-state index in [9.17, 15) is 18.0 Å². The molecule has 37 heavy (non-hydrogen) atoms. The monoisotopic (exact) mass is 508 g/mol. The number of carbonyl (C=O) groups excluding carboxylic acids is 1. The molecule has 5 aromatic heterocycles. The van der Waals surface area contributed by atoms with E-state index < -0.39 is 17.8 Å². The number of rotatable bonds is 4. The molecule has 0 fully saturated rings. The number of hydrogen-bond donors (Lipinski definition) is 1. The molecule has 5 aromatic rings. The highest BCUT2D eigenvalue weighted by molar-refractivity contribution is 6.01. The first kappa shape index (κ1) is 23.2. The van der Waals surface area contributed by atoms with Crippen LogP contribution in [-0.2, 0) is 19.1 Å². The van der Waals surface area contributed by atoms with Gasteiger partial charge in [-0.05, 0) is 43.9 Å². The molecular weight excluding hydrogens is 485 g/mol. The van der Waals surface area contributed by atoms with Crippen LogP contribution in [0.15, 0.2) is 55.2 Å². The van der Waals surface area contributed by atoms with E-state index in [1.165, 1.54) is 35.4 Å². The zero-order valence-electron chi connectivity index (χ0n) is 20.1. The lowest BCUT2D eigenvalue weighted by atomic mass is 9.98. The summed E-state index contributed by atoms with van der Waals surface area (Å²) in [6.07, 6.45) is 2.40. The van der Waals surface area contributed by atoms with Crippen LogP contribution in [0, 0.1) is 0 Å². The number of alkyl halides is 3. The number of aromatic nitrogens is 6. The van der Waals surface area contributed by atoms with Crippen molar-refractivity contribution in [2.45, 2.75) is 25.2 Å². The van der Waals surface area contributed by atoms with E-state index in [0.29, 0.717) is 35.4 Å². The number of fused-ring (bicyclic) bond motifs is 3. The number of nitrogens with one attached hydrogen (secondary N) is 1. The third kappa shape index (κ3) is 3.93. The highest BCUT2D eigenvalue weighted by Crippen LogP contribution is 2.37. The Bertz CT molecular complexity index is 1630. The zero-order valence-corrected chi connectivity index (χ0v) is 20.1. The second-order valence-electron chi connectivity index (χ2n) is 9.40. The first-order chi connectivity index (χ1) is 17.7. The summed E-state index contributed by atoms with van der Waals surface area (Å²) in [6, 6.07) is 6.77. The lowest BCUT2D eigenvalue weighted by molar-refractivity contribution is -0.136. The van der Waals surface area contributed by atoms with Gasteiger partial charge < -0.3 is 14.8 Å². The minimum atomic E-state index is -4.54. The van der Waals surface area contributed by atoms with E-state index in [0.717, 1.165) is 23.9 Å². The highest BCUT2D eigenvalue weighted by Gasteiger charge is 2.39. The Hall–Kier alpha value is -4.19. The SMILES string of the molecule is CN(C)Cc1ccc2c(C(=O)N3CCc4[nH]cnc4[C@@H]3c3cc4c(C(F)(F)F)cccn4n3)cnn2c1. The number of carbonyl (C=O) groups is 1. The standard InChI is InChI=1S/C25H23F3N8O/c1-33(2)12-15-5-6-20-16(11-31-36(20)13-15)24(37)34-9-7-18-22(30-14-29-18)23(34)19-10-21-17(25(26,27)28)4-3-8-35(21)32-19/h3-6,8,10-11,13-14,23H,7,9,12H2,1-2H3,(H,29,30)/t23-/m0/s1. The molecule has 0 aliphatic carbocycles. The van der Waals surface area contributed by atoms with Gasteiger partial charge in [0.2, 0.25) is 0 Å². The number of halogens is 3. The van der Waals surface area contributed by atoms with Crippen molar-refractivity contribution < 1.29 is 18.0 Å². The van der Waals surface area contributed by atoms with Crippen LogP contribution in [0.25, 0.3) is 11.0 Å². The van der Waals surface area contributed by atoms with E-state index >= 15 is 0 Å². The molecule has 1 N–H and O–H groups in total. The second kappa shape index (κ2) is 8.44. The van der Waals surface area contributed by atoms with Gasteiger partial charge in [0.25, 0.3) is 5.91 Å². The second-order valence-corrected chi connectivity index (χ2v) is 9.40. The van der Waals surface area contributed by atoms with Gasteiger partial charge in [-0.25, -0.2) is 14.0 Å². The van der Waals surface area contributed by atoms with Gasteiger partial charge in [-0.15, -0.1) is 0 Å². The van der Waals surface area contributed by atoms with Crippen molar-refractivity contribution in [2.75, 3.05) is 20.6 Å². The molecule has 9 nitrogen and oxygen atoms in total. The third-order valence-corrected chi connectivity index (χ3v) is 6.60. The lowest BCUT2D eigenvalue weighted by Gasteiger charge is -2.33. The quantitative estimate of drug-likeness (QED) is 0.401. The summed E-state index contributed by atoms with van der Waals surface area (Å²) in [4.78, 5) is 25.1. The molecule has 1 aliphatic heterocycles. The summed E-state index contributed by atoms with van der Waals surface area (Å²) < 4.78 is 43.9. The van der Waals surface area contributed by atoms with Gasteiger partial charge in [0, 0.05) is 37.6 Å². The number of hydrogen-bond acceptors (Lipinski definition) is 5. The van der Waals surface area contributed by atoms with E-state index in [4.69, 9.17) is 0 Å². The van der Waals surface area contributed by atoms with Gasteiger partial charge in [-0.3, -0.25) is 4.79 Å². The molecule has 1 atom stereocenters. The molecule has 0 unspecified atom stereocenters. The normalized spacial score (nSPS) is 16.2. The van der Waals surface area contributed by atoms with Crippen LogP contribution in [-0.4, -0.2) is 65.5 Å². The predicted molar refractivity (Wildman–Crippen MR) is 128 cm³/mol. The Kier molecular flexibility index (Phi) is 5.30. The Morgan fingerprint density at radius 3 is 2.81 bits per heavy atom. The summed E-state index contributed by atoms with van der Waals surface area (Å²) >= 11 is 0. The molecule has 1 amide bonds. The Labute approximate surface area is 209 Å². The fourth-order valence-corrected chi connectivity index (χ4v) is 5.01. The molecule has 0 radical (unpaired) electrons. The average Bonchev–Trinajstić information content (AvgIpc) is 3.58. The fourth-order valence-electron chi connectivity index (χ4n) is 5.01. The number of nitrogens with zero attached hydrogens (tertiary/aromatic N) is 7. The number of aromatic amines is 1. The number of imidazole rings is 1. The number of H-pyrrole nitrogens is 1. The molecule has 1 aliphatic rings. The highest BCUT2D eigenvalue weighted by atomic mass is 19.4. The minimum Gasteiger partial charge on any atom is -0.348 e. The van der Waals surface area contributed by atoms with Crippen molar-refractivity contribution in [3.05, 3.63) is 89.0 Å². The Morgan fingerprint density at radius 2 is 2.03 bits per heavy atom. The van der Waals surface area contributed by atoms with Crippen LogP contribution < -0.4 is 0 Å². The van der Waals surface area contributed by atoms with E-state index in [1.807, 2.05) is 37.3 Å². The van der Waals surface area contributed by atoms with Gasteiger partial charge in [0.15, 0.2) is 0 Å². The van der Waals surface area contributed by atoms with Crippen molar-refractivity contribution in [3.8, 4) is 0 Å². The van der Waals surface area contributed by atoms with Crippen LogP contribution in [0.2, 0.25) is 0 Å². The fraction of sp³-hybridized carbons (Fsp3) is 0.280. The van der Waals surface area contributed by atoms with Crippen LogP contribution in [0.5, 0.6) is 0 Å². The lowest BCUT2D eigenvalue weighted by Crippen LogP contribution is -2.41. The summed E-state index contributed by atoms with van der Waals surface area (Å²) in [7, 11) is 3.94. The van der Waals surface area contributed by atoms with Gasteiger partial charge in [-0.2, -0.15) is 23.4 Å². The van der Waals surface area contributed by atoms with Crippen molar-refractivity contribution in [2.24, 2.45) is 0 Å². The molecule has 0 aromatic carbocycles. The topological polar surface area (TPSA) is 86.8 Å². The Balaban J connectivity index is 1.43. The van der Waals surface area contributed by atoms with Crippen molar-refractivity contribution in [1.29, 1.82) is 0 Å². The molecular formula is C25H23F3N8O. The van der Waals surface area contributed by atoms with Crippen LogP contribution in [0.1, 0.15) is 44.6 Å². The van der Waals surface area contributed by atoms with Gasteiger partial charge in [0.1, 0.15) is 6.04 Å². The van der Waals surface area contributed by atoms with Crippen LogP contribution in [0.4, 0.5) is 13.2 Å². The maximum absolute atomic E-state index is 13.9. The maximum atomic E-state index is 13.9. The number of amides is 1. The molecule has 12 heteroatoms. The number of pyridine rings is 2.